The molecule has 0 N–H and O–H groups in total. The van der Waals surface area contributed by atoms with Gasteiger partial charge in [-0.1, -0.05) is 18.2 Å². The molecule has 5 heteroatoms. The summed E-state index contributed by atoms with van der Waals surface area (Å²) in [6.45, 7) is 1.97. The Morgan fingerprint density at radius 2 is 1.55 bits per heavy atom. The molecule has 2 rings (SSSR count). The highest BCUT2D eigenvalue weighted by molar-refractivity contribution is 5.59. The van der Waals surface area contributed by atoms with Gasteiger partial charge in [0.25, 0.3) is 0 Å². The molecular weight excluding hydrogens is 284 g/mol. The molecule has 2 aromatic carbocycles. The van der Waals surface area contributed by atoms with Gasteiger partial charge in [-0.2, -0.15) is 0 Å². The van der Waals surface area contributed by atoms with Crippen LogP contribution in [0.5, 0.6) is 17.2 Å². The lowest BCUT2D eigenvalue weighted by atomic mass is 10.3. The normalized spacial score (nSPS) is 11.4. The van der Waals surface area contributed by atoms with Crippen LogP contribution in [0.4, 0.5) is 4.79 Å². The van der Waals surface area contributed by atoms with Gasteiger partial charge >= 0.3 is 6.16 Å². The lowest BCUT2D eigenvalue weighted by Crippen LogP contribution is -2.21. The molecule has 0 radical (unpaired) electrons. The molecule has 1 atom stereocenters. The Balaban J connectivity index is 1.83. The van der Waals surface area contributed by atoms with Crippen LogP contribution in [0.1, 0.15) is 6.92 Å². The van der Waals surface area contributed by atoms with Crippen molar-refractivity contribution >= 4 is 6.16 Å². The van der Waals surface area contributed by atoms with Crippen LogP contribution in [0.15, 0.2) is 54.6 Å². The highest BCUT2D eigenvalue weighted by Gasteiger charge is 2.10. The van der Waals surface area contributed by atoms with Crippen LogP contribution in [-0.4, -0.2) is 26.0 Å². The molecule has 0 saturated carbocycles. The third-order valence-electron chi connectivity index (χ3n) is 2.75. The van der Waals surface area contributed by atoms with Gasteiger partial charge in [-0.3, -0.25) is 0 Å². The third-order valence-corrected chi connectivity index (χ3v) is 2.75. The standard InChI is InChI=1S/C17H18O5/c1-13(21-17(18)19-2)12-20-14-8-10-16(11-9-14)22-15-6-4-3-5-7-15/h3-11,13H,12H2,1-2H3. The van der Waals surface area contributed by atoms with Crippen molar-refractivity contribution in [3.05, 3.63) is 54.6 Å². The fourth-order valence-corrected chi connectivity index (χ4v) is 1.69. The molecule has 116 valence electrons. The minimum Gasteiger partial charge on any atom is -0.490 e. The zero-order valence-corrected chi connectivity index (χ0v) is 12.5. The van der Waals surface area contributed by atoms with Gasteiger partial charge in [0.15, 0.2) is 0 Å². The zero-order valence-electron chi connectivity index (χ0n) is 12.5. The fourth-order valence-electron chi connectivity index (χ4n) is 1.69. The molecule has 5 nitrogen and oxygen atoms in total. The molecular formula is C17H18O5. The summed E-state index contributed by atoms with van der Waals surface area (Å²) in [6, 6.07) is 16.7. The second-order valence-electron chi connectivity index (χ2n) is 4.58. The minimum absolute atomic E-state index is 0.244. The first-order chi connectivity index (χ1) is 10.7. The van der Waals surface area contributed by atoms with Crippen LogP contribution < -0.4 is 9.47 Å². The molecule has 0 aromatic heterocycles. The van der Waals surface area contributed by atoms with E-state index in [4.69, 9.17) is 14.2 Å². The van der Waals surface area contributed by atoms with Crippen LogP contribution in [0.3, 0.4) is 0 Å². The molecule has 0 aliphatic carbocycles. The van der Waals surface area contributed by atoms with Crippen LogP contribution in [-0.2, 0) is 9.47 Å². The Morgan fingerprint density at radius 3 is 2.18 bits per heavy atom. The maximum absolute atomic E-state index is 10.9. The van der Waals surface area contributed by atoms with Crippen molar-refractivity contribution < 1.29 is 23.7 Å². The first kappa shape index (κ1) is 15.7. The number of hydrogen-bond acceptors (Lipinski definition) is 5. The van der Waals surface area contributed by atoms with Crippen LogP contribution in [0.2, 0.25) is 0 Å². The second-order valence-corrected chi connectivity index (χ2v) is 4.58. The molecule has 0 bridgehead atoms. The highest BCUT2D eigenvalue weighted by atomic mass is 16.7. The number of methoxy groups -OCH3 is 1. The zero-order chi connectivity index (χ0) is 15.8. The minimum atomic E-state index is -0.720. The first-order valence-corrected chi connectivity index (χ1v) is 6.88. The Morgan fingerprint density at radius 1 is 0.955 bits per heavy atom. The molecule has 2 aromatic rings. The summed E-state index contributed by atoms with van der Waals surface area (Å²) < 4.78 is 20.5. The van der Waals surface area contributed by atoms with Crippen molar-refractivity contribution in [2.75, 3.05) is 13.7 Å². The summed E-state index contributed by atoms with van der Waals surface area (Å²) in [4.78, 5) is 10.9. The molecule has 1 unspecified atom stereocenters. The Hall–Kier alpha value is -2.69. The van der Waals surface area contributed by atoms with Crippen LogP contribution in [0.25, 0.3) is 0 Å². The quantitative estimate of drug-likeness (QED) is 0.754. The molecule has 0 aliphatic heterocycles. The van der Waals surface area contributed by atoms with E-state index in [-0.39, 0.29) is 6.61 Å². The van der Waals surface area contributed by atoms with E-state index < -0.39 is 12.3 Å². The number of rotatable bonds is 6. The van der Waals surface area contributed by atoms with Gasteiger partial charge in [0, 0.05) is 0 Å². The van der Waals surface area contributed by atoms with Crippen molar-refractivity contribution in [2.45, 2.75) is 13.0 Å². The lowest BCUT2D eigenvalue weighted by Gasteiger charge is -2.13. The number of carbonyl (C=O) groups is 1. The van der Waals surface area contributed by atoms with Crippen molar-refractivity contribution in [1.82, 2.24) is 0 Å². The topological polar surface area (TPSA) is 54.0 Å². The SMILES string of the molecule is COC(=O)OC(C)COc1ccc(Oc2ccccc2)cc1. The fraction of sp³-hybridized carbons (Fsp3) is 0.235. The number of benzene rings is 2. The van der Waals surface area contributed by atoms with E-state index >= 15 is 0 Å². The predicted molar refractivity (Wildman–Crippen MR) is 81.4 cm³/mol. The number of para-hydroxylation sites is 1. The van der Waals surface area contributed by atoms with Crippen LogP contribution >= 0.6 is 0 Å². The van der Waals surface area contributed by atoms with E-state index in [2.05, 4.69) is 4.74 Å². The molecule has 0 saturated heterocycles. The first-order valence-electron chi connectivity index (χ1n) is 6.88. The van der Waals surface area contributed by atoms with Gasteiger partial charge in [-0.25, -0.2) is 4.79 Å². The summed E-state index contributed by atoms with van der Waals surface area (Å²) in [5, 5.41) is 0. The van der Waals surface area contributed by atoms with E-state index in [1.807, 2.05) is 42.5 Å². The van der Waals surface area contributed by atoms with Gasteiger partial charge in [0.2, 0.25) is 0 Å². The summed E-state index contributed by atoms with van der Waals surface area (Å²) in [7, 11) is 1.27. The largest absolute Gasteiger partial charge is 0.508 e. The second kappa shape index (κ2) is 7.93. The maximum Gasteiger partial charge on any atom is 0.508 e. The molecule has 0 fully saturated rings. The molecule has 0 aliphatic rings. The summed E-state index contributed by atoms with van der Waals surface area (Å²) >= 11 is 0. The monoisotopic (exact) mass is 302 g/mol. The molecule has 22 heavy (non-hydrogen) atoms. The Kier molecular flexibility index (Phi) is 5.65. The molecule has 0 amide bonds. The van der Waals surface area contributed by atoms with Gasteiger partial charge in [0.05, 0.1) is 7.11 Å². The summed E-state index contributed by atoms with van der Waals surface area (Å²) in [5.74, 6) is 2.16. The van der Waals surface area contributed by atoms with Crippen molar-refractivity contribution in [3.63, 3.8) is 0 Å². The summed E-state index contributed by atoms with van der Waals surface area (Å²) in [5.41, 5.74) is 0. The molecule has 0 spiro atoms. The average Bonchev–Trinajstić information content (AvgIpc) is 2.55. The average molecular weight is 302 g/mol. The van der Waals surface area contributed by atoms with Gasteiger partial charge < -0.3 is 18.9 Å². The number of carbonyl (C=O) groups excluding carboxylic acids is 1. The van der Waals surface area contributed by atoms with E-state index in [1.165, 1.54) is 7.11 Å². The van der Waals surface area contributed by atoms with Crippen molar-refractivity contribution in [3.8, 4) is 17.2 Å². The smallest absolute Gasteiger partial charge is 0.490 e. The molecule has 0 heterocycles. The van der Waals surface area contributed by atoms with Gasteiger partial charge in [-0.15, -0.1) is 0 Å². The number of ether oxygens (including phenoxy) is 4. The van der Waals surface area contributed by atoms with Gasteiger partial charge in [-0.05, 0) is 43.3 Å². The highest BCUT2D eigenvalue weighted by Crippen LogP contribution is 2.23. The van der Waals surface area contributed by atoms with Crippen molar-refractivity contribution in [1.29, 1.82) is 0 Å². The van der Waals surface area contributed by atoms with E-state index in [1.54, 1.807) is 19.1 Å². The van der Waals surface area contributed by atoms with E-state index in [0.29, 0.717) is 5.75 Å². The Bertz CT molecular complexity index is 580. The third kappa shape index (κ3) is 5.01. The Labute approximate surface area is 129 Å². The lowest BCUT2D eigenvalue weighted by molar-refractivity contribution is 0.0256. The van der Waals surface area contributed by atoms with Gasteiger partial charge in [0.1, 0.15) is 30.0 Å². The van der Waals surface area contributed by atoms with Crippen molar-refractivity contribution in [2.24, 2.45) is 0 Å². The predicted octanol–water partition coefficient (Wildman–Crippen LogP) is 4.03. The van der Waals surface area contributed by atoms with E-state index in [0.717, 1.165) is 11.5 Å². The maximum atomic E-state index is 10.9. The van der Waals surface area contributed by atoms with Crippen LogP contribution in [0, 0.1) is 0 Å². The number of hydrogen-bond donors (Lipinski definition) is 0. The summed E-state index contributed by atoms with van der Waals surface area (Å²) in [6.07, 6.45) is -1.12. The van der Waals surface area contributed by atoms with E-state index in [9.17, 15) is 4.79 Å².